The van der Waals surface area contributed by atoms with Crippen LogP contribution in [0.25, 0.3) is 0 Å². The van der Waals surface area contributed by atoms with E-state index in [-0.39, 0.29) is 0 Å². The number of rotatable bonds is 0. The van der Waals surface area contributed by atoms with Crippen LogP contribution in [0, 0.1) is 22.7 Å². The van der Waals surface area contributed by atoms with Gasteiger partial charge < -0.3 is 5.32 Å². The van der Waals surface area contributed by atoms with E-state index in [0.29, 0.717) is 11.3 Å². The van der Waals surface area contributed by atoms with Gasteiger partial charge in [-0.05, 0) is 18.3 Å². The Labute approximate surface area is 54.9 Å². The van der Waals surface area contributed by atoms with Crippen LogP contribution >= 0.6 is 0 Å². The van der Waals surface area contributed by atoms with E-state index in [9.17, 15) is 0 Å². The normalized spacial score (nSPS) is 36.6. The molecule has 0 aromatic heterocycles. The molecule has 0 amide bonds. The summed E-state index contributed by atoms with van der Waals surface area (Å²) in [6, 6.07) is 2.35. The van der Waals surface area contributed by atoms with Crippen LogP contribution in [0.5, 0.6) is 0 Å². The molecular formula is C7H10N2. The average molecular weight is 122 g/mol. The molecule has 1 atom stereocenters. The quantitative estimate of drug-likeness (QED) is 0.508. The van der Waals surface area contributed by atoms with E-state index >= 15 is 0 Å². The maximum absolute atomic E-state index is 8.65. The molecule has 0 aromatic rings. The highest BCUT2D eigenvalue weighted by Gasteiger charge is 2.52. The third-order valence-electron chi connectivity index (χ3n) is 2.61. The SMILES string of the molecule is N#CC1CNCC12CC2. The van der Waals surface area contributed by atoms with Crippen LogP contribution in [0.3, 0.4) is 0 Å². The van der Waals surface area contributed by atoms with Crippen LogP contribution in [0.4, 0.5) is 0 Å². The number of nitrogens with one attached hydrogen (secondary N) is 1. The minimum Gasteiger partial charge on any atom is -0.315 e. The topological polar surface area (TPSA) is 35.8 Å². The third-order valence-corrected chi connectivity index (χ3v) is 2.61. The molecule has 9 heavy (non-hydrogen) atoms. The predicted molar refractivity (Wildman–Crippen MR) is 33.6 cm³/mol. The summed E-state index contributed by atoms with van der Waals surface area (Å²) in [6.07, 6.45) is 2.55. The van der Waals surface area contributed by atoms with Crippen molar-refractivity contribution < 1.29 is 0 Å². The highest BCUT2D eigenvalue weighted by atomic mass is 15.0. The molecule has 1 aliphatic heterocycles. The number of hydrogen-bond acceptors (Lipinski definition) is 2. The highest BCUT2D eigenvalue weighted by Crippen LogP contribution is 2.53. The van der Waals surface area contributed by atoms with E-state index in [1.54, 1.807) is 0 Å². The molecule has 1 aliphatic carbocycles. The van der Waals surface area contributed by atoms with Crippen molar-refractivity contribution >= 4 is 0 Å². The largest absolute Gasteiger partial charge is 0.315 e. The third kappa shape index (κ3) is 0.585. The lowest BCUT2D eigenvalue weighted by molar-refractivity contribution is 0.484. The zero-order chi connectivity index (χ0) is 6.32. The smallest absolute Gasteiger partial charge is 0.0675 e. The average Bonchev–Trinajstić information content (AvgIpc) is 2.45. The first-order valence-electron chi connectivity index (χ1n) is 3.48. The molecule has 0 aromatic carbocycles. The van der Waals surface area contributed by atoms with Crippen LogP contribution in [0.2, 0.25) is 0 Å². The van der Waals surface area contributed by atoms with Gasteiger partial charge in [0.1, 0.15) is 0 Å². The van der Waals surface area contributed by atoms with E-state index in [1.807, 2.05) is 0 Å². The molecule has 1 saturated carbocycles. The Morgan fingerprint density at radius 1 is 1.56 bits per heavy atom. The highest BCUT2D eigenvalue weighted by molar-refractivity contribution is 5.11. The summed E-state index contributed by atoms with van der Waals surface area (Å²) in [7, 11) is 0. The van der Waals surface area contributed by atoms with Gasteiger partial charge in [-0.3, -0.25) is 0 Å². The molecular weight excluding hydrogens is 112 g/mol. The minimum absolute atomic E-state index is 0.317. The second-order valence-corrected chi connectivity index (χ2v) is 3.17. The van der Waals surface area contributed by atoms with Gasteiger partial charge in [-0.1, -0.05) is 0 Å². The summed E-state index contributed by atoms with van der Waals surface area (Å²) in [6.45, 7) is 2.02. The molecule has 2 fully saturated rings. The lowest BCUT2D eigenvalue weighted by atomic mass is 9.95. The Bertz CT molecular complexity index is 164. The fraction of sp³-hybridized carbons (Fsp3) is 0.857. The Morgan fingerprint density at radius 2 is 2.33 bits per heavy atom. The van der Waals surface area contributed by atoms with Gasteiger partial charge in [0.05, 0.1) is 12.0 Å². The van der Waals surface area contributed by atoms with Crippen molar-refractivity contribution in [3.05, 3.63) is 0 Å². The molecule has 1 N–H and O–H groups in total. The summed E-state index contributed by atoms with van der Waals surface area (Å²) in [5, 5.41) is 11.9. The maximum atomic E-state index is 8.65. The summed E-state index contributed by atoms with van der Waals surface area (Å²) in [5.41, 5.74) is 0.439. The van der Waals surface area contributed by atoms with Crippen LogP contribution in [0.15, 0.2) is 0 Å². The maximum Gasteiger partial charge on any atom is 0.0675 e. The molecule has 1 spiro atoms. The van der Waals surface area contributed by atoms with Gasteiger partial charge >= 0.3 is 0 Å². The van der Waals surface area contributed by atoms with Crippen LogP contribution < -0.4 is 5.32 Å². The van der Waals surface area contributed by atoms with Crippen molar-refractivity contribution in [1.29, 1.82) is 5.26 Å². The second kappa shape index (κ2) is 1.48. The van der Waals surface area contributed by atoms with Crippen molar-refractivity contribution in [2.24, 2.45) is 11.3 Å². The molecule has 1 heterocycles. The van der Waals surface area contributed by atoms with Gasteiger partial charge in [-0.15, -0.1) is 0 Å². The van der Waals surface area contributed by atoms with Crippen molar-refractivity contribution in [3.63, 3.8) is 0 Å². The van der Waals surface area contributed by atoms with Crippen molar-refractivity contribution in [3.8, 4) is 6.07 Å². The molecule has 0 bridgehead atoms. The zero-order valence-electron chi connectivity index (χ0n) is 5.35. The van der Waals surface area contributed by atoms with Crippen LogP contribution in [-0.4, -0.2) is 13.1 Å². The molecule has 2 nitrogen and oxygen atoms in total. The Morgan fingerprint density at radius 3 is 2.78 bits per heavy atom. The van der Waals surface area contributed by atoms with E-state index in [1.165, 1.54) is 12.8 Å². The molecule has 48 valence electrons. The van der Waals surface area contributed by atoms with Gasteiger partial charge in [-0.25, -0.2) is 0 Å². The molecule has 2 rings (SSSR count). The second-order valence-electron chi connectivity index (χ2n) is 3.17. The lowest BCUT2D eigenvalue weighted by Crippen LogP contribution is -2.10. The predicted octanol–water partition coefficient (Wildman–Crippen LogP) is 0.510. The van der Waals surface area contributed by atoms with E-state index in [4.69, 9.17) is 5.26 Å². The Kier molecular flexibility index (Phi) is 0.866. The van der Waals surface area contributed by atoms with Gasteiger partial charge in [0.2, 0.25) is 0 Å². The van der Waals surface area contributed by atoms with E-state index < -0.39 is 0 Å². The first-order valence-corrected chi connectivity index (χ1v) is 3.48. The molecule has 2 aliphatic rings. The van der Waals surface area contributed by atoms with Crippen molar-refractivity contribution in [1.82, 2.24) is 5.32 Å². The van der Waals surface area contributed by atoms with E-state index in [2.05, 4.69) is 11.4 Å². The first-order chi connectivity index (χ1) is 4.37. The van der Waals surface area contributed by atoms with Gasteiger partial charge in [0, 0.05) is 13.1 Å². The van der Waals surface area contributed by atoms with Crippen molar-refractivity contribution in [2.75, 3.05) is 13.1 Å². The van der Waals surface area contributed by atoms with Crippen LogP contribution in [0.1, 0.15) is 12.8 Å². The number of hydrogen-bond donors (Lipinski definition) is 1. The fourth-order valence-corrected chi connectivity index (χ4v) is 1.67. The van der Waals surface area contributed by atoms with E-state index in [0.717, 1.165) is 13.1 Å². The summed E-state index contributed by atoms with van der Waals surface area (Å²) < 4.78 is 0. The molecule has 0 radical (unpaired) electrons. The van der Waals surface area contributed by atoms with Gasteiger partial charge in [0.25, 0.3) is 0 Å². The Hall–Kier alpha value is -0.550. The molecule has 1 unspecified atom stereocenters. The Balaban J connectivity index is 2.16. The number of nitriles is 1. The zero-order valence-corrected chi connectivity index (χ0v) is 5.35. The van der Waals surface area contributed by atoms with Gasteiger partial charge in [0.15, 0.2) is 0 Å². The molecule has 2 heteroatoms. The number of nitrogens with zero attached hydrogens (tertiary/aromatic N) is 1. The monoisotopic (exact) mass is 122 g/mol. The van der Waals surface area contributed by atoms with Crippen molar-refractivity contribution in [2.45, 2.75) is 12.8 Å². The minimum atomic E-state index is 0.317. The summed E-state index contributed by atoms with van der Waals surface area (Å²) in [5.74, 6) is 0.317. The lowest BCUT2D eigenvalue weighted by Gasteiger charge is -2.05. The van der Waals surface area contributed by atoms with Crippen LogP contribution in [-0.2, 0) is 0 Å². The summed E-state index contributed by atoms with van der Waals surface area (Å²) >= 11 is 0. The first kappa shape index (κ1) is 5.25. The van der Waals surface area contributed by atoms with Gasteiger partial charge in [-0.2, -0.15) is 5.26 Å². The summed E-state index contributed by atoms with van der Waals surface area (Å²) in [4.78, 5) is 0. The standard InChI is InChI=1S/C7H10N2/c8-3-6-4-9-5-7(6)1-2-7/h6,9H,1-2,4-5H2. The molecule has 1 saturated heterocycles. The fourth-order valence-electron chi connectivity index (χ4n) is 1.67.